The van der Waals surface area contributed by atoms with Crippen molar-refractivity contribution in [2.24, 2.45) is 7.05 Å². The number of nitrogens with one attached hydrogen (secondary N) is 1. The van der Waals surface area contributed by atoms with E-state index in [9.17, 15) is 9.59 Å². The number of aromatic nitrogens is 2. The minimum absolute atomic E-state index is 0.0413. The number of amides is 2. The van der Waals surface area contributed by atoms with Crippen LogP contribution in [-0.4, -0.2) is 38.1 Å². The van der Waals surface area contributed by atoms with Crippen LogP contribution in [0, 0.1) is 0 Å². The van der Waals surface area contributed by atoms with Crippen LogP contribution in [0.1, 0.15) is 44.6 Å². The van der Waals surface area contributed by atoms with Gasteiger partial charge in [-0.2, -0.15) is 5.10 Å². The molecule has 0 bridgehead atoms. The Morgan fingerprint density at radius 3 is 2.67 bits per heavy atom. The summed E-state index contributed by atoms with van der Waals surface area (Å²) in [5, 5.41) is 7.13. The molecule has 0 radical (unpaired) electrons. The molecule has 1 unspecified atom stereocenters. The van der Waals surface area contributed by atoms with Gasteiger partial charge in [-0.25, -0.2) is 0 Å². The molecule has 1 aromatic rings. The van der Waals surface area contributed by atoms with Gasteiger partial charge in [0.05, 0.1) is 6.20 Å². The van der Waals surface area contributed by atoms with Gasteiger partial charge in [0.25, 0.3) is 0 Å². The van der Waals surface area contributed by atoms with E-state index in [0.29, 0.717) is 6.54 Å². The van der Waals surface area contributed by atoms with Gasteiger partial charge in [0.15, 0.2) is 0 Å². The number of hydrogen-bond acceptors (Lipinski definition) is 3. The van der Waals surface area contributed by atoms with E-state index in [2.05, 4.69) is 10.4 Å². The lowest BCUT2D eigenvalue weighted by molar-refractivity contribution is -0.156. The van der Waals surface area contributed by atoms with Crippen LogP contribution in [0.3, 0.4) is 0 Å². The topological polar surface area (TPSA) is 67.2 Å². The average Bonchev–Trinajstić information content (AvgIpc) is 2.88. The SMILES string of the molecule is CC1C(=O)NC2(CCCCC2)C(=O)N1Cc1cnn(C)c1. The monoisotopic (exact) mass is 290 g/mol. The summed E-state index contributed by atoms with van der Waals surface area (Å²) in [6.45, 7) is 2.24. The van der Waals surface area contributed by atoms with Gasteiger partial charge in [0, 0.05) is 25.4 Å². The fourth-order valence-electron chi connectivity index (χ4n) is 3.44. The minimum Gasteiger partial charge on any atom is -0.340 e. The fraction of sp³-hybridized carbons (Fsp3) is 0.667. The highest BCUT2D eigenvalue weighted by atomic mass is 16.2. The molecular weight excluding hydrogens is 268 g/mol. The molecule has 114 valence electrons. The molecule has 1 aliphatic carbocycles. The Hall–Kier alpha value is -1.85. The number of hydrogen-bond donors (Lipinski definition) is 1. The summed E-state index contributed by atoms with van der Waals surface area (Å²) in [5.41, 5.74) is 0.294. The van der Waals surface area contributed by atoms with Gasteiger partial charge in [-0.1, -0.05) is 19.3 Å². The Labute approximate surface area is 124 Å². The molecule has 1 saturated heterocycles. The first-order chi connectivity index (χ1) is 10.0. The lowest BCUT2D eigenvalue weighted by Gasteiger charge is -2.46. The van der Waals surface area contributed by atoms with Crippen molar-refractivity contribution in [3.05, 3.63) is 18.0 Å². The second kappa shape index (κ2) is 5.16. The number of piperazine rings is 1. The molecule has 0 aromatic carbocycles. The van der Waals surface area contributed by atoms with Gasteiger partial charge in [0.2, 0.25) is 11.8 Å². The van der Waals surface area contributed by atoms with Crippen molar-refractivity contribution in [1.82, 2.24) is 20.0 Å². The van der Waals surface area contributed by atoms with E-state index in [1.54, 1.807) is 22.7 Å². The quantitative estimate of drug-likeness (QED) is 0.882. The molecule has 6 heteroatoms. The molecule has 1 saturated carbocycles. The predicted octanol–water partition coefficient (Wildman–Crippen LogP) is 0.970. The summed E-state index contributed by atoms with van der Waals surface area (Å²) in [4.78, 5) is 27.0. The Morgan fingerprint density at radius 2 is 2.05 bits per heavy atom. The number of carbonyl (C=O) groups excluding carboxylic acids is 2. The van der Waals surface area contributed by atoms with Gasteiger partial charge in [-0.3, -0.25) is 14.3 Å². The molecule has 6 nitrogen and oxygen atoms in total. The third-order valence-electron chi connectivity index (χ3n) is 4.70. The molecule has 2 aliphatic rings. The summed E-state index contributed by atoms with van der Waals surface area (Å²) in [6.07, 6.45) is 8.30. The molecule has 21 heavy (non-hydrogen) atoms. The smallest absolute Gasteiger partial charge is 0.249 e. The minimum atomic E-state index is -0.663. The van der Waals surface area contributed by atoms with Crippen LogP contribution in [0.5, 0.6) is 0 Å². The zero-order valence-corrected chi connectivity index (χ0v) is 12.6. The van der Waals surface area contributed by atoms with Crippen LogP contribution in [0.4, 0.5) is 0 Å². The lowest BCUT2D eigenvalue weighted by Crippen LogP contribution is -2.69. The van der Waals surface area contributed by atoms with E-state index in [-0.39, 0.29) is 11.8 Å². The average molecular weight is 290 g/mol. The standard InChI is InChI=1S/C15H22N4O2/c1-11-13(20)17-15(6-4-3-5-7-15)14(21)19(11)10-12-8-16-18(2)9-12/h8-9,11H,3-7,10H2,1-2H3,(H,17,20). The number of aryl methyl sites for hydroxylation is 1. The first-order valence-corrected chi connectivity index (χ1v) is 7.62. The zero-order chi connectivity index (χ0) is 15.0. The Kier molecular flexibility index (Phi) is 3.47. The second-order valence-electron chi connectivity index (χ2n) is 6.26. The highest BCUT2D eigenvalue weighted by molar-refractivity contribution is 5.99. The van der Waals surface area contributed by atoms with E-state index >= 15 is 0 Å². The van der Waals surface area contributed by atoms with E-state index < -0.39 is 11.6 Å². The summed E-state index contributed by atoms with van der Waals surface area (Å²) >= 11 is 0. The predicted molar refractivity (Wildman–Crippen MR) is 77.2 cm³/mol. The molecule has 1 atom stereocenters. The first-order valence-electron chi connectivity index (χ1n) is 7.62. The number of rotatable bonds is 2. The second-order valence-corrected chi connectivity index (χ2v) is 6.26. The van der Waals surface area contributed by atoms with Gasteiger partial charge < -0.3 is 10.2 Å². The first kappa shape index (κ1) is 14.1. The van der Waals surface area contributed by atoms with Crippen molar-refractivity contribution in [2.75, 3.05) is 0 Å². The molecule has 2 amide bonds. The number of nitrogens with zero attached hydrogens (tertiary/aromatic N) is 3. The highest BCUT2D eigenvalue weighted by Gasteiger charge is 2.49. The molecule has 2 fully saturated rings. The van der Waals surface area contributed by atoms with Crippen LogP contribution in [0.2, 0.25) is 0 Å². The van der Waals surface area contributed by atoms with Gasteiger partial charge in [-0.15, -0.1) is 0 Å². The normalized spacial score (nSPS) is 25.2. The van der Waals surface area contributed by atoms with Crippen molar-refractivity contribution in [3.8, 4) is 0 Å². The van der Waals surface area contributed by atoms with Crippen LogP contribution in [0.15, 0.2) is 12.4 Å². The molecule has 1 aliphatic heterocycles. The van der Waals surface area contributed by atoms with Crippen molar-refractivity contribution < 1.29 is 9.59 Å². The summed E-state index contributed by atoms with van der Waals surface area (Å²) in [7, 11) is 1.85. The molecule has 1 spiro atoms. The summed E-state index contributed by atoms with van der Waals surface area (Å²) < 4.78 is 1.71. The third-order valence-corrected chi connectivity index (χ3v) is 4.70. The molecule has 2 heterocycles. The Balaban J connectivity index is 1.86. The zero-order valence-electron chi connectivity index (χ0n) is 12.6. The van der Waals surface area contributed by atoms with Crippen molar-refractivity contribution in [3.63, 3.8) is 0 Å². The van der Waals surface area contributed by atoms with Crippen LogP contribution >= 0.6 is 0 Å². The van der Waals surface area contributed by atoms with Crippen LogP contribution in [-0.2, 0) is 23.2 Å². The van der Waals surface area contributed by atoms with Crippen molar-refractivity contribution in [2.45, 2.75) is 57.2 Å². The fourth-order valence-corrected chi connectivity index (χ4v) is 3.44. The summed E-state index contributed by atoms with van der Waals surface area (Å²) in [6, 6.07) is -0.426. The lowest BCUT2D eigenvalue weighted by atomic mass is 9.78. The van der Waals surface area contributed by atoms with Crippen molar-refractivity contribution in [1.29, 1.82) is 0 Å². The van der Waals surface area contributed by atoms with Gasteiger partial charge in [0.1, 0.15) is 11.6 Å². The van der Waals surface area contributed by atoms with Crippen LogP contribution < -0.4 is 5.32 Å². The highest BCUT2D eigenvalue weighted by Crippen LogP contribution is 2.33. The number of carbonyl (C=O) groups is 2. The maximum atomic E-state index is 13.0. The Morgan fingerprint density at radius 1 is 1.33 bits per heavy atom. The van der Waals surface area contributed by atoms with Gasteiger partial charge >= 0.3 is 0 Å². The Bertz CT molecular complexity index is 560. The van der Waals surface area contributed by atoms with Crippen LogP contribution in [0.25, 0.3) is 0 Å². The van der Waals surface area contributed by atoms with E-state index in [1.165, 1.54) is 0 Å². The van der Waals surface area contributed by atoms with Gasteiger partial charge in [-0.05, 0) is 19.8 Å². The molecule has 1 N–H and O–H groups in total. The summed E-state index contributed by atoms with van der Waals surface area (Å²) in [5.74, 6) is 0.0264. The van der Waals surface area contributed by atoms with Crippen molar-refractivity contribution >= 4 is 11.8 Å². The molecular formula is C15H22N4O2. The maximum absolute atomic E-state index is 13.0. The molecule has 3 rings (SSSR count). The van der Waals surface area contributed by atoms with E-state index in [4.69, 9.17) is 0 Å². The van der Waals surface area contributed by atoms with E-state index in [0.717, 1.165) is 37.7 Å². The maximum Gasteiger partial charge on any atom is 0.249 e. The third kappa shape index (κ3) is 2.43. The van der Waals surface area contributed by atoms with E-state index in [1.807, 2.05) is 13.2 Å². The molecule has 1 aromatic heterocycles. The largest absolute Gasteiger partial charge is 0.340 e.